The van der Waals surface area contributed by atoms with Crippen molar-refractivity contribution in [3.63, 3.8) is 0 Å². The molecule has 0 spiro atoms. The van der Waals surface area contributed by atoms with Crippen LogP contribution >= 0.6 is 22.9 Å². The zero-order valence-electron chi connectivity index (χ0n) is 7.48. The van der Waals surface area contributed by atoms with Crippen LogP contribution in [0.4, 0.5) is 4.79 Å². The van der Waals surface area contributed by atoms with Crippen molar-refractivity contribution in [2.75, 3.05) is 12.9 Å². The molecular formula is C8H10ClNO3S. The molecular weight excluding hydrogens is 226 g/mol. The van der Waals surface area contributed by atoms with E-state index in [1.165, 1.54) is 18.4 Å². The van der Waals surface area contributed by atoms with Gasteiger partial charge in [-0.2, -0.15) is 11.3 Å². The molecule has 1 aromatic rings. The highest BCUT2D eigenvalue weighted by atomic mass is 35.5. The van der Waals surface area contributed by atoms with Gasteiger partial charge in [0, 0.05) is 12.6 Å². The van der Waals surface area contributed by atoms with Crippen LogP contribution in [0.2, 0.25) is 0 Å². The highest BCUT2D eigenvalue weighted by Crippen LogP contribution is 2.27. The lowest BCUT2D eigenvalue weighted by Gasteiger charge is -2.33. The van der Waals surface area contributed by atoms with Crippen molar-refractivity contribution in [1.29, 1.82) is 0 Å². The smallest absolute Gasteiger partial charge is 0.409 e. The number of rotatable bonds is 3. The van der Waals surface area contributed by atoms with Gasteiger partial charge in [0.1, 0.15) is 0 Å². The molecule has 1 unspecified atom stereocenters. The van der Waals surface area contributed by atoms with Crippen molar-refractivity contribution in [1.82, 2.24) is 4.90 Å². The van der Waals surface area contributed by atoms with Gasteiger partial charge in [-0.05, 0) is 16.8 Å². The van der Waals surface area contributed by atoms with Crippen LogP contribution in [0.15, 0.2) is 16.8 Å². The largest absolute Gasteiger partial charge is 0.465 e. The number of nitrogens with zero attached hydrogens (tertiary/aromatic N) is 1. The molecule has 0 saturated heterocycles. The van der Waals surface area contributed by atoms with Crippen LogP contribution in [-0.4, -0.2) is 34.1 Å². The van der Waals surface area contributed by atoms with E-state index in [2.05, 4.69) is 0 Å². The van der Waals surface area contributed by atoms with E-state index in [4.69, 9.17) is 16.7 Å². The molecule has 0 bridgehead atoms. The second kappa shape index (κ2) is 4.16. The third-order valence-corrected chi connectivity index (χ3v) is 3.07. The summed E-state index contributed by atoms with van der Waals surface area (Å²) in [6, 6.07) is 1.65. The zero-order chi connectivity index (χ0) is 10.8. The van der Waals surface area contributed by atoms with Crippen molar-refractivity contribution in [3.8, 4) is 0 Å². The molecule has 0 aromatic carbocycles. The van der Waals surface area contributed by atoms with Crippen molar-refractivity contribution >= 4 is 29.0 Å². The Morgan fingerprint density at radius 3 is 2.79 bits per heavy atom. The number of hydrogen-bond acceptors (Lipinski definition) is 3. The van der Waals surface area contributed by atoms with Crippen molar-refractivity contribution in [2.24, 2.45) is 0 Å². The molecule has 2 N–H and O–H groups in total. The van der Waals surface area contributed by atoms with Gasteiger partial charge in [-0.25, -0.2) is 4.79 Å². The van der Waals surface area contributed by atoms with Crippen LogP contribution in [0, 0.1) is 0 Å². The number of aliphatic hydroxyl groups is 1. The van der Waals surface area contributed by atoms with Gasteiger partial charge >= 0.3 is 6.09 Å². The summed E-state index contributed by atoms with van der Waals surface area (Å²) in [5, 5.41) is 22.2. The summed E-state index contributed by atoms with van der Waals surface area (Å²) in [5.41, 5.74) is -1.16. The Kier molecular flexibility index (Phi) is 3.36. The first-order chi connectivity index (χ1) is 6.52. The predicted molar refractivity (Wildman–Crippen MR) is 54.7 cm³/mol. The Hall–Kier alpha value is -0.780. The molecule has 0 radical (unpaired) electrons. The van der Waals surface area contributed by atoms with Gasteiger partial charge in [-0.15, -0.1) is 11.6 Å². The Labute approximate surface area is 90.3 Å². The molecule has 0 aliphatic heterocycles. The van der Waals surface area contributed by atoms with Gasteiger partial charge in [0.25, 0.3) is 0 Å². The van der Waals surface area contributed by atoms with Crippen LogP contribution < -0.4 is 0 Å². The fourth-order valence-corrected chi connectivity index (χ4v) is 2.06. The Bertz CT molecular complexity index is 316. The zero-order valence-corrected chi connectivity index (χ0v) is 9.05. The van der Waals surface area contributed by atoms with Crippen LogP contribution in [0.1, 0.15) is 5.56 Å². The summed E-state index contributed by atoms with van der Waals surface area (Å²) in [7, 11) is 1.28. The molecule has 1 rings (SSSR count). The average Bonchev–Trinajstić information content (AvgIpc) is 2.68. The van der Waals surface area contributed by atoms with E-state index < -0.39 is 11.8 Å². The maximum atomic E-state index is 10.7. The lowest BCUT2D eigenvalue weighted by atomic mass is 10.1. The first kappa shape index (κ1) is 11.3. The lowest BCUT2D eigenvalue weighted by molar-refractivity contribution is -0.0667. The van der Waals surface area contributed by atoms with Crippen LogP contribution in [0.5, 0.6) is 0 Å². The molecule has 78 valence electrons. The summed E-state index contributed by atoms with van der Waals surface area (Å²) >= 11 is 6.96. The number of alkyl halides is 1. The third-order valence-electron chi connectivity index (χ3n) is 2.01. The van der Waals surface area contributed by atoms with Crippen molar-refractivity contribution in [3.05, 3.63) is 22.4 Å². The normalized spacial score (nSPS) is 14.8. The molecule has 14 heavy (non-hydrogen) atoms. The maximum Gasteiger partial charge on any atom is 0.409 e. The van der Waals surface area contributed by atoms with E-state index in [9.17, 15) is 9.90 Å². The first-order valence-corrected chi connectivity index (χ1v) is 5.28. The summed E-state index contributed by atoms with van der Waals surface area (Å²) < 4.78 is 0. The molecule has 1 atom stereocenters. The van der Waals surface area contributed by atoms with Gasteiger partial charge in [0.05, 0.1) is 5.88 Å². The summed E-state index contributed by atoms with van der Waals surface area (Å²) in [6.07, 6.45) is -1.22. The molecule has 1 heterocycles. The van der Waals surface area contributed by atoms with E-state index in [0.717, 1.165) is 4.90 Å². The fraction of sp³-hybridized carbons (Fsp3) is 0.375. The molecule has 0 fully saturated rings. The number of thiophene rings is 1. The van der Waals surface area contributed by atoms with Gasteiger partial charge in [-0.1, -0.05) is 0 Å². The van der Waals surface area contributed by atoms with Crippen molar-refractivity contribution < 1.29 is 15.0 Å². The molecule has 6 heteroatoms. The Morgan fingerprint density at radius 1 is 1.79 bits per heavy atom. The van der Waals surface area contributed by atoms with E-state index >= 15 is 0 Å². The third kappa shape index (κ3) is 1.84. The summed E-state index contributed by atoms with van der Waals surface area (Å²) in [6.45, 7) is 0. The van der Waals surface area contributed by atoms with E-state index in [1.54, 1.807) is 16.8 Å². The van der Waals surface area contributed by atoms with Crippen LogP contribution in [-0.2, 0) is 5.72 Å². The van der Waals surface area contributed by atoms with Gasteiger partial charge < -0.3 is 10.2 Å². The minimum absolute atomic E-state index is 0.202. The second-order valence-electron chi connectivity index (χ2n) is 2.80. The van der Waals surface area contributed by atoms with Gasteiger partial charge in [0.2, 0.25) is 0 Å². The highest BCUT2D eigenvalue weighted by Gasteiger charge is 2.36. The van der Waals surface area contributed by atoms with Crippen LogP contribution in [0.25, 0.3) is 0 Å². The Balaban J connectivity index is 3.03. The van der Waals surface area contributed by atoms with E-state index in [-0.39, 0.29) is 5.88 Å². The number of halogens is 1. The SMILES string of the molecule is CN(C(=O)O)C(O)(CCl)c1ccsc1. The minimum Gasteiger partial charge on any atom is -0.465 e. The minimum atomic E-state index is -1.65. The average molecular weight is 236 g/mol. The lowest BCUT2D eigenvalue weighted by Crippen LogP contribution is -2.47. The number of amides is 1. The standard InChI is InChI=1S/C8H10ClNO3S/c1-10(7(11)12)8(13,5-9)6-2-3-14-4-6/h2-4,13H,5H2,1H3,(H,11,12). The maximum absolute atomic E-state index is 10.7. The molecule has 0 aliphatic carbocycles. The topological polar surface area (TPSA) is 60.8 Å². The van der Waals surface area contributed by atoms with Gasteiger partial charge in [0.15, 0.2) is 5.72 Å². The van der Waals surface area contributed by atoms with E-state index in [0.29, 0.717) is 5.56 Å². The second-order valence-corrected chi connectivity index (χ2v) is 3.85. The van der Waals surface area contributed by atoms with Crippen LogP contribution in [0.3, 0.4) is 0 Å². The summed E-state index contributed by atoms with van der Waals surface area (Å²) in [5.74, 6) is -0.202. The van der Waals surface area contributed by atoms with Crippen molar-refractivity contribution in [2.45, 2.75) is 5.72 Å². The highest BCUT2D eigenvalue weighted by molar-refractivity contribution is 7.08. The Morgan fingerprint density at radius 2 is 2.43 bits per heavy atom. The quantitative estimate of drug-likeness (QED) is 0.620. The monoisotopic (exact) mass is 235 g/mol. The number of carboxylic acid groups (broad SMARTS) is 1. The molecule has 4 nitrogen and oxygen atoms in total. The number of hydrogen-bond donors (Lipinski definition) is 2. The predicted octanol–water partition coefficient (Wildman–Crippen LogP) is 1.74. The first-order valence-electron chi connectivity index (χ1n) is 3.80. The van der Waals surface area contributed by atoms with Gasteiger partial charge in [-0.3, -0.25) is 4.90 Å². The molecule has 0 saturated carbocycles. The number of carbonyl (C=O) groups is 1. The summed E-state index contributed by atoms with van der Waals surface area (Å²) in [4.78, 5) is 11.5. The molecule has 1 aromatic heterocycles. The van der Waals surface area contributed by atoms with E-state index in [1.807, 2.05) is 0 Å². The molecule has 1 amide bonds. The fourth-order valence-electron chi connectivity index (χ4n) is 1.01. The molecule has 0 aliphatic rings.